The quantitative estimate of drug-likeness (QED) is 0.146. The smallest absolute Gasteiger partial charge is 0.410 e. The number of fused-ring (bicyclic) bond motifs is 1. The van der Waals surface area contributed by atoms with Crippen molar-refractivity contribution >= 4 is 52.0 Å². The Morgan fingerprint density at radius 3 is 2.23 bits per heavy atom. The van der Waals surface area contributed by atoms with Crippen molar-refractivity contribution in [2.45, 2.75) is 101 Å². The molecular formula is C48H57F3N14O6. The summed E-state index contributed by atoms with van der Waals surface area (Å²) >= 11 is 0. The van der Waals surface area contributed by atoms with Crippen LogP contribution in [0.4, 0.5) is 35.2 Å². The molecule has 0 radical (unpaired) electrons. The zero-order valence-corrected chi connectivity index (χ0v) is 39.9. The van der Waals surface area contributed by atoms with E-state index in [1.54, 1.807) is 22.2 Å². The largest absolute Gasteiger partial charge is 0.439 e. The van der Waals surface area contributed by atoms with Gasteiger partial charge in [0.15, 0.2) is 35.5 Å². The summed E-state index contributed by atoms with van der Waals surface area (Å²) in [5.41, 5.74) is 7.47. The van der Waals surface area contributed by atoms with Crippen LogP contribution in [0.25, 0.3) is 33.8 Å². The van der Waals surface area contributed by atoms with Crippen LogP contribution in [-0.4, -0.2) is 151 Å². The Bertz CT molecular complexity index is 2820. The van der Waals surface area contributed by atoms with E-state index in [1.165, 1.54) is 11.2 Å². The molecule has 8 heterocycles. The van der Waals surface area contributed by atoms with Gasteiger partial charge in [0.2, 0.25) is 11.8 Å². The number of nitrogen functional groups attached to an aromatic ring is 1. The van der Waals surface area contributed by atoms with Crippen LogP contribution in [0.2, 0.25) is 0 Å². The van der Waals surface area contributed by atoms with E-state index in [2.05, 4.69) is 25.8 Å². The zero-order valence-electron chi connectivity index (χ0n) is 39.9. The van der Waals surface area contributed by atoms with E-state index in [4.69, 9.17) is 30.1 Å². The molecule has 71 heavy (non-hydrogen) atoms. The van der Waals surface area contributed by atoms with Gasteiger partial charge in [0, 0.05) is 102 Å². The van der Waals surface area contributed by atoms with Gasteiger partial charge in [-0.2, -0.15) is 5.10 Å². The second-order valence-corrected chi connectivity index (χ2v) is 20.3. The van der Waals surface area contributed by atoms with Crippen molar-refractivity contribution in [3.8, 4) is 22.8 Å². The molecule has 10 rings (SSSR count). The van der Waals surface area contributed by atoms with Gasteiger partial charge >= 0.3 is 6.09 Å². The monoisotopic (exact) mass is 982 g/mol. The van der Waals surface area contributed by atoms with E-state index in [0.717, 1.165) is 30.5 Å². The molecule has 4 aromatic heterocycles. The van der Waals surface area contributed by atoms with Gasteiger partial charge < -0.3 is 35.0 Å². The first-order chi connectivity index (χ1) is 34.0. The minimum atomic E-state index is -1.57. The number of hydrogen-bond donors (Lipinski definition) is 3. The Labute approximate surface area is 406 Å². The fraction of sp³-hybridized carbons (Fsp3) is 0.542. The van der Waals surface area contributed by atoms with Gasteiger partial charge in [0.05, 0.1) is 16.5 Å². The van der Waals surface area contributed by atoms with Gasteiger partial charge in [-0.15, -0.1) is 0 Å². The van der Waals surface area contributed by atoms with Gasteiger partial charge in [-0.25, -0.2) is 42.6 Å². The van der Waals surface area contributed by atoms with Gasteiger partial charge in [0.1, 0.15) is 40.9 Å². The summed E-state index contributed by atoms with van der Waals surface area (Å²) in [6.45, 7) is 8.18. The molecule has 5 aromatic rings. The molecule has 4 aliphatic heterocycles. The van der Waals surface area contributed by atoms with Crippen LogP contribution in [0.1, 0.15) is 95.3 Å². The minimum absolute atomic E-state index is 0.0854. The van der Waals surface area contributed by atoms with Crippen molar-refractivity contribution in [2.24, 2.45) is 0 Å². The summed E-state index contributed by atoms with van der Waals surface area (Å²) in [6.07, 6.45) is 8.19. The minimum Gasteiger partial charge on any atom is -0.439 e. The van der Waals surface area contributed by atoms with Crippen molar-refractivity contribution in [3.05, 3.63) is 53.8 Å². The lowest BCUT2D eigenvalue weighted by Gasteiger charge is -2.42. The van der Waals surface area contributed by atoms with Gasteiger partial charge in [-0.3, -0.25) is 24.6 Å². The Hall–Kier alpha value is -6.91. The molecule has 4 amide bonds. The number of nitrogens with two attached hydrogens (primary N) is 1. The highest BCUT2D eigenvalue weighted by Crippen LogP contribution is 2.48. The third kappa shape index (κ3) is 9.92. The number of carbonyl (C=O) groups excluding carboxylic acids is 4. The topological polar surface area (TPSA) is 236 Å². The molecule has 5 fully saturated rings. The first-order valence-electron chi connectivity index (χ1n) is 24.3. The van der Waals surface area contributed by atoms with Crippen LogP contribution in [0, 0.1) is 11.6 Å². The van der Waals surface area contributed by atoms with Gasteiger partial charge in [0.25, 0.3) is 5.91 Å². The Morgan fingerprint density at radius 1 is 0.887 bits per heavy atom. The van der Waals surface area contributed by atoms with Gasteiger partial charge in [-0.1, -0.05) is 5.16 Å². The van der Waals surface area contributed by atoms with E-state index >= 15 is 13.2 Å². The zero-order chi connectivity index (χ0) is 49.8. The average Bonchev–Trinajstić information content (AvgIpc) is 3.96. The van der Waals surface area contributed by atoms with Crippen molar-refractivity contribution < 1.29 is 41.6 Å². The average molecular weight is 983 g/mol. The van der Waals surface area contributed by atoms with Crippen molar-refractivity contribution in [2.75, 3.05) is 81.5 Å². The number of aromatic nitrogens is 7. The number of piperidine rings is 3. The van der Waals surface area contributed by atoms with E-state index in [0.29, 0.717) is 78.6 Å². The Kier molecular flexibility index (Phi) is 12.8. The maximum absolute atomic E-state index is 16.2. The van der Waals surface area contributed by atoms with Crippen molar-refractivity contribution in [3.63, 3.8) is 0 Å². The van der Waals surface area contributed by atoms with E-state index < -0.39 is 53.4 Å². The molecule has 5 aliphatic rings. The van der Waals surface area contributed by atoms with Crippen LogP contribution in [0.5, 0.6) is 0 Å². The van der Waals surface area contributed by atoms with Crippen LogP contribution in [0.3, 0.4) is 0 Å². The molecule has 1 saturated carbocycles. The number of carbonyl (C=O) groups is 4. The molecule has 23 heteroatoms. The predicted molar refractivity (Wildman–Crippen MR) is 253 cm³/mol. The molecule has 376 valence electrons. The van der Waals surface area contributed by atoms with Crippen LogP contribution >= 0.6 is 0 Å². The van der Waals surface area contributed by atoms with Crippen LogP contribution in [-0.2, 0) is 24.7 Å². The first kappa shape index (κ1) is 47.8. The number of piperazine rings is 1. The summed E-state index contributed by atoms with van der Waals surface area (Å²) in [5.74, 6) is -1.20. The van der Waals surface area contributed by atoms with Crippen molar-refractivity contribution in [1.82, 2.24) is 54.9 Å². The molecule has 1 aliphatic carbocycles. The number of anilines is 3. The maximum atomic E-state index is 16.2. The number of rotatable bonds is 11. The number of amides is 4. The summed E-state index contributed by atoms with van der Waals surface area (Å²) in [5, 5.41) is 15.0. The van der Waals surface area contributed by atoms with Crippen LogP contribution in [0.15, 0.2) is 35.4 Å². The third-order valence-electron chi connectivity index (χ3n) is 14.3. The molecule has 4 N–H and O–H groups in total. The van der Waals surface area contributed by atoms with Crippen LogP contribution < -0.4 is 21.3 Å². The molecular weight excluding hydrogens is 926 g/mol. The van der Waals surface area contributed by atoms with E-state index in [9.17, 15) is 19.2 Å². The number of nitrogens with one attached hydrogen (secondary N) is 2. The number of hydrogen-bond acceptors (Lipinski definition) is 16. The third-order valence-corrected chi connectivity index (χ3v) is 14.3. The Balaban J connectivity index is 0.675. The highest BCUT2D eigenvalue weighted by Gasteiger charge is 2.40. The van der Waals surface area contributed by atoms with E-state index in [1.807, 2.05) is 30.4 Å². The fourth-order valence-corrected chi connectivity index (χ4v) is 10.1. The number of alkyl halides is 1. The number of halogens is 3. The molecule has 0 spiro atoms. The summed E-state index contributed by atoms with van der Waals surface area (Å²) in [6, 6.07) is 1.47. The van der Waals surface area contributed by atoms with Crippen molar-refractivity contribution in [1.29, 1.82) is 0 Å². The second kappa shape index (κ2) is 19.0. The number of likely N-dealkylation sites (tertiary alicyclic amines) is 2. The first-order valence-corrected chi connectivity index (χ1v) is 24.3. The standard InChI is InChI=1S/C48H57F3N14O6/c1-47(2,3)65-44-37(42(52)55-26-56-44)38(59-65)39-36(41(71-60-39)28-4-5-28)43-53-22-29(23-54-43)27-8-12-64(13-9-27)46(69)70-24-35(67)62-14-10-48(51,11-15-62)25-61-16-18-63(19-17-61)40-31(49)20-30(21-32(40)50)57-33-6-7-34(66)58-45(33)68/h20-23,26-28,33,57H,4-19,24-25H2,1-3H3,(H2,52,55,56)(H,58,66,68). The lowest BCUT2D eigenvalue weighted by atomic mass is 9.91. The van der Waals surface area contributed by atoms with E-state index in [-0.39, 0.29) is 93.3 Å². The summed E-state index contributed by atoms with van der Waals surface area (Å²) < 4.78 is 59.9. The Morgan fingerprint density at radius 2 is 1.58 bits per heavy atom. The lowest BCUT2D eigenvalue weighted by Crippen LogP contribution is -2.54. The molecule has 0 bridgehead atoms. The predicted octanol–water partition coefficient (Wildman–Crippen LogP) is 5.12. The summed E-state index contributed by atoms with van der Waals surface area (Å²) in [4.78, 5) is 74.8. The summed E-state index contributed by atoms with van der Waals surface area (Å²) in [7, 11) is 0. The number of nitrogens with zero attached hydrogens (tertiary/aromatic N) is 11. The molecule has 1 aromatic carbocycles. The molecule has 1 unspecified atom stereocenters. The highest BCUT2D eigenvalue weighted by atomic mass is 19.1. The maximum Gasteiger partial charge on any atom is 0.410 e. The molecule has 1 atom stereocenters. The molecule has 20 nitrogen and oxygen atoms in total. The SMILES string of the molecule is CC(C)(C)n1nc(-c2noc(C3CC3)c2-c2ncc(C3CCN(C(=O)OCC(=O)N4CCC(F)(CN5CCN(c6c(F)cc(NC7CCC(=O)NC7=O)cc6F)CC5)CC4)CC3)cn2)c2c(N)ncnc21. The van der Waals surface area contributed by atoms with Gasteiger partial charge in [-0.05, 0) is 76.5 Å². The normalized spacial score (nSPS) is 20.4. The lowest BCUT2D eigenvalue weighted by molar-refractivity contribution is -0.137. The number of imide groups is 1. The highest BCUT2D eigenvalue weighted by molar-refractivity contribution is 6.02. The fourth-order valence-electron chi connectivity index (χ4n) is 10.1. The number of benzene rings is 1. The number of ether oxygens (including phenoxy) is 1. The molecule has 4 saturated heterocycles. The second-order valence-electron chi connectivity index (χ2n) is 20.3.